The van der Waals surface area contributed by atoms with Gasteiger partial charge < -0.3 is 39.2 Å². The summed E-state index contributed by atoms with van der Waals surface area (Å²) in [6.45, 7) is 4.14. The Morgan fingerprint density at radius 3 is 2.42 bits per heavy atom. The SMILES string of the molecule is COc1nc(COc2ccc(-c3ccc4c(c3)Nc3ccc(CCOc5ccc(N6CCOCC6)cc5)cc3NC4=O)cc2OC)cs1. The van der Waals surface area contributed by atoms with Gasteiger partial charge in [0.25, 0.3) is 11.1 Å². The highest BCUT2D eigenvalue weighted by Gasteiger charge is 2.21. The number of amides is 1. The molecule has 11 heteroatoms. The van der Waals surface area contributed by atoms with E-state index in [4.69, 9.17) is 23.7 Å². The molecule has 1 aromatic heterocycles. The second-order valence-corrected chi connectivity index (χ2v) is 12.2. The van der Waals surface area contributed by atoms with E-state index in [1.54, 1.807) is 14.2 Å². The van der Waals surface area contributed by atoms with Crippen LogP contribution in [0.2, 0.25) is 0 Å². The molecule has 1 amide bonds. The second-order valence-electron chi connectivity index (χ2n) is 11.4. The fourth-order valence-electron chi connectivity index (χ4n) is 5.75. The van der Waals surface area contributed by atoms with Crippen molar-refractivity contribution >= 4 is 40.0 Å². The van der Waals surface area contributed by atoms with Gasteiger partial charge in [0.15, 0.2) is 11.5 Å². The summed E-state index contributed by atoms with van der Waals surface area (Å²) in [6.07, 6.45) is 0.699. The summed E-state index contributed by atoms with van der Waals surface area (Å²) >= 11 is 1.42. The Balaban J connectivity index is 1.00. The van der Waals surface area contributed by atoms with Crippen LogP contribution in [0.4, 0.5) is 22.7 Å². The summed E-state index contributed by atoms with van der Waals surface area (Å²) in [5.41, 5.74) is 7.71. The van der Waals surface area contributed by atoms with E-state index in [-0.39, 0.29) is 5.91 Å². The lowest BCUT2D eigenvalue weighted by Crippen LogP contribution is -2.36. The Morgan fingerprint density at radius 1 is 0.812 bits per heavy atom. The number of carbonyl (C=O) groups excluding carboxylic acids is 1. The van der Waals surface area contributed by atoms with Crippen LogP contribution in [-0.2, 0) is 17.8 Å². The van der Waals surface area contributed by atoms with E-state index in [9.17, 15) is 4.79 Å². The zero-order chi connectivity index (χ0) is 32.9. The second kappa shape index (κ2) is 14.2. The lowest BCUT2D eigenvalue weighted by atomic mass is 10.0. The monoisotopic (exact) mass is 664 g/mol. The highest BCUT2D eigenvalue weighted by Crippen LogP contribution is 2.38. The van der Waals surface area contributed by atoms with E-state index >= 15 is 0 Å². The molecule has 10 nitrogen and oxygen atoms in total. The molecule has 0 radical (unpaired) electrons. The van der Waals surface area contributed by atoms with Gasteiger partial charge in [-0.15, -0.1) is 0 Å². The van der Waals surface area contributed by atoms with E-state index in [0.717, 1.165) is 71.5 Å². The molecule has 3 heterocycles. The maximum Gasteiger partial charge on any atom is 0.273 e. The first-order valence-corrected chi connectivity index (χ1v) is 16.6. The highest BCUT2D eigenvalue weighted by atomic mass is 32.1. The van der Waals surface area contributed by atoms with Crippen molar-refractivity contribution in [3.63, 3.8) is 0 Å². The zero-order valence-corrected chi connectivity index (χ0v) is 27.6. The highest BCUT2D eigenvalue weighted by molar-refractivity contribution is 7.11. The van der Waals surface area contributed by atoms with Crippen molar-refractivity contribution in [2.45, 2.75) is 13.0 Å². The maximum atomic E-state index is 13.3. The molecule has 4 aromatic carbocycles. The molecule has 0 atom stereocenters. The van der Waals surface area contributed by atoms with Crippen molar-refractivity contribution in [3.8, 4) is 33.6 Å². The minimum absolute atomic E-state index is 0.170. The number of carbonyl (C=O) groups is 1. The van der Waals surface area contributed by atoms with Gasteiger partial charge >= 0.3 is 0 Å². The van der Waals surface area contributed by atoms with Gasteiger partial charge in [-0.3, -0.25) is 4.79 Å². The van der Waals surface area contributed by atoms with Crippen LogP contribution in [0.3, 0.4) is 0 Å². The van der Waals surface area contributed by atoms with E-state index in [0.29, 0.717) is 41.9 Å². The first-order chi connectivity index (χ1) is 23.6. The summed E-state index contributed by atoms with van der Waals surface area (Å²) in [6, 6.07) is 25.8. The number of nitrogens with zero attached hydrogens (tertiary/aromatic N) is 2. The van der Waals surface area contributed by atoms with Crippen LogP contribution in [0.1, 0.15) is 21.6 Å². The molecular weight excluding hydrogens is 628 g/mol. The molecule has 2 N–H and O–H groups in total. The number of thiazole rings is 1. The number of rotatable bonds is 11. The quantitative estimate of drug-likeness (QED) is 0.152. The van der Waals surface area contributed by atoms with Gasteiger partial charge in [0.1, 0.15) is 12.4 Å². The summed E-state index contributed by atoms with van der Waals surface area (Å²) in [7, 11) is 3.21. The van der Waals surface area contributed by atoms with Crippen molar-refractivity contribution in [3.05, 3.63) is 101 Å². The number of anilines is 4. The van der Waals surface area contributed by atoms with Crippen molar-refractivity contribution in [1.82, 2.24) is 4.98 Å². The molecular formula is C37H36N4O6S. The van der Waals surface area contributed by atoms with Gasteiger partial charge in [0.2, 0.25) is 0 Å². The molecule has 0 aliphatic carbocycles. The van der Waals surface area contributed by atoms with Gasteiger partial charge in [-0.25, -0.2) is 4.98 Å². The molecule has 246 valence electrons. The number of morpholine rings is 1. The molecule has 0 unspecified atom stereocenters. The Hall–Kier alpha value is -5.26. The molecule has 2 aliphatic heterocycles. The fourth-order valence-corrected chi connectivity index (χ4v) is 6.37. The summed E-state index contributed by atoms with van der Waals surface area (Å²) in [5.74, 6) is 1.87. The normalized spacial score (nSPS) is 13.8. The molecule has 48 heavy (non-hydrogen) atoms. The van der Waals surface area contributed by atoms with Crippen molar-refractivity contribution in [2.24, 2.45) is 0 Å². The predicted molar refractivity (Wildman–Crippen MR) is 188 cm³/mol. The van der Waals surface area contributed by atoms with E-state index in [2.05, 4.69) is 38.7 Å². The standard InChI is InChI=1S/C37H36N4O6S/c1-43-35-21-26(5-12-34(35)47-22-27-23-48-37(38-27)44-2)25-4-10-30-32(20-25)39-31-11-3-24(19-33(31)40-36(30)42)13-16-46-29-8-6-28(7-9-29)41-14-17-45-18-15-41/h3-12,19-21,23,39H,13-18,22H2,1-2H3,(H,40,42). The smallest absolute Gasteiger partial charge is 0.273 e. The third-order valence-corrected chi connectivity index (χ3v) is 9.17. The number of hydrogen-bond acceptors (Lipinski definition) is 10. The van der Waals surface area contributed by atoms with Crippen LogP contribution in [0.25, 0.3) is 11.1 Å². The number of benzene rings is 4. The van der Waals surface area contributed by atoms with Crippen molar-refractivity contribution < 1.29 is 28.5 Å². The Morgan fingerprint density at radius 2 is 1.62 bits per heavy atom. The van der Waals surface area contributed by atoms with Crippen LogP contribution in [-0.4, -0.2) is 58.0 Å². The van der Waals surface area contributed by atoms with Crippen molar-refractivity contribution in [1.29, 1.82) is 0 Å². The van der Waals surface area contributed by atoms with Gasteiger partial charge in [0, 0.05) is 30.6 Å². The van der Waals surface area contributed by atoms with Crippen LogP contribution in [0, 0.1) is 0 Å². The fraction of sp³-hybridized carbons (Fsp3) is 0.243. The molecule has 0 bridgehead atoms. The number of methoxy groups -OCH3 is 2. The number of ether oxygens (including phenoxy) is 5. The summed E-state index contributed by atoms with van der Waals surface area (Å²) in [5, 5.41) is 9.05. The lowest BCUT2D eigenvalue weighted by molar-refractivity contribution is 0.102. The minimum Gasteiger partial charge on any atom is -0.493 e. The summed E-state index contributed by atoms with van der Waals surface area (Å²) in [4.78, 5) is 20.0. The first-order valence-electron chi connectivity index (χ1n) is 15.8. The average Bonchev–Trinajstić information content (AvgIpc) is 3.55. The molecule has 0 spiro atoms. The van der Waals surface area contributed by atoms with Crippen molar-refractivity contribution in [2.75, 3.05) is 62.7 Å². The Labute approximate surface area is 283 Å². The summed E-state index contributed by atoms with van der Waals surface area (Å²) < 4.78 is 28.3. The number of fused-ring (bicyclic) bond motifs is 2. The van der Waals surface area contributed by atoms with Crippen LogP contribution in [0.15, 0.2) is 84.2 Å². The average molecular weight is 665 g/mol. The number of aromatic nitrogens is 1. The Bertz CT molecular complexity index is 1900. The largest absolute Gasteiger partial charge is 0.493 e. The number of hydrogen-bond donors (Lipinski definition) is 2. The zero-order valence-electron chi connectivity index (χ0n) is 26.8. The van der Waals surface area contributed by atoms with Gasteiger partial charge in [-0.1, -0.05) is 29.5 Å². The molecule has 0 saturated carbocycles. The number of nitrogens with one attached hydrogen (secondary N) is 2. The van der Waals surface area contributed by atoms with E-state index in [1.165, 1.54) is 17.0 Å². The van der Waals surface area contributed by atoms with Crippen LogP contribution < -0.4 is 34.5 Å². The van der Waals surface area contributed by atoms with Gasteiger partial charge in [-0.05, 0) is 77.4 Å². The molecule has 2 aliphatic rings. The predicted octanol–water partition coefficient (Wildman–Crippen LogP) is 7.17. The lowest BCUT2D eigenvalue weighted by Gasteiger charge is -2.28. The topological polar surface area (TPSA) is 103 Å². The third kappa shape index (κ3) is 7.02. The van der Waals surface area contributed by atoms with Crippen LogP contribution >= 0.6 is 11.3 Å². The Kier molecular flexibility index (Phi) is 9.30. The van der Waals surface area contributed by atoms with E-state index in [1.807, 2.05) is 66.0 Å². The molecule has 5 aromatic rings. The third-order valence-electron chi connectivity index (χ3n) is 8.32. The van der Waals surface area contributed by atoms with Gasteiger partial charge in [0.05, 0.1) is 62.4 Å². The van der Waals surface area contributed by atoms with Gasteiger partial charge in [-0.2, -0.15) is 0 Å². The minimum atomic E-state index is -0.170. The molecule has 1 saturated heterocycles. The van der Waals surface area contributed by atoms with E-state index < -0.39 is 0 Å². The molecule has 1 fully saturated rings. The van der Waals surface area contributed by atoms with Crippen LogP contribution in [0.5, 0.6) is 22.4 Å². The molecule has 7 rings (SSSR count). The first kappa shape index (κ1) is 31.3. The maximum absolute atomic E-state index is 13.3.